The number of methoxy groups -OCH3 is 1. The Hall–Kier alpha value is -2.62. The lowest BCUT2D eigenvalue weighted by molar-refractivity contribution is 0.416. The molecular formula is C15H13N3O. The van der Waals surface area contributed by atoms with E-state index >= 15 is 0 Å². The summed E-state index contributed by atoms with van der Waals surface area (Å²) in [6.07, 6.45) is 3.47. The van der Waals surface area contributed by atoms with Gasteiger partial charge in [-0.05, 0) is 29.7 Å². The maximum atomic E-state index is 5.99. The van der Waals surface area contributed by atoms with Gasteiger partial charge in [0.25, 0.3) is 0 Å². The Labute approximate surface area is 110 Å². The highest BCUT2D eigenvalue weighted by molar-refractivity contribution is 5.93. The number of nitrogens with zero attached hydrogens (tertiary/aromatic N) is 2. The predicted octanol–water partition coefficient (Wildman–Crippen LogP) is 2.89. The van der Waals surface area contributed by atoms with Gasteiger partial charge in [-0.3, -0.25) is 4.98 Å². The number of hydrogen-bond donors (Lipinski definition) is 1. The van der Waals surface area contributed by atoms with Crippen molar-refractivity contribution in [3.05, 3.63) is 48.8 Å². The number of nitrogens with two attached hydrogens (primary N) is 1. The molecule has 3 aromatic rings. The summed E-state index contributed by atoms with van der Waals surface area (Å²) in [4.78, 5) is 8.50. The molecule has 0 aliphatic carbocycles. The van der Waals surface area contributed by atoms with Crippen molar-refractivity contribution in [2.24, 2.45) is 0 Å². The molecule has 0 amide bonds. The topological polar surface area (TPSA) is 61.0 Å². The van der Waals surface area contributed by atoms with Gasteiger partial charge in [-0.1, -0.05) is 12.1 Å². The number of hydrogen-bond acceptors (Lipinski definition) is 4. The first-order chi connectivity index (χ1) is 9.29. The number of ether oxygens (including phenoxy) is 1. The smallest absolute Gasteiger partial charge is 0.133 e. The average molecular weight is 251 g/mol. The van der Waals surface area contributed by atoms with E-state index in [2.05, 4.69) is 9.97 Å². The lowest BCUT2D eigenvalue weighted by Gasteiger charge is -2.09. The van der Waals surface area contributed by atoms with Gasteiger partial charge in [-0.15, -0.1) is 0 Å². The van der Waals surface area contributed by atoms with Crippen LogP contribution in [0.4, 0.5) is 5.82 Å². The minimum atomic E-state index is 0.478. The third-order valence-electron chi connectivity index (χ3n) is 3.05. The molecule has 0 fully saturated rings. The van der Waals surface area contributed by atoms with Crippen LogP contribution in [0.1, 0.15) is 0 Å². The summed E-state index contributed by atoms with van der Waals surface area (Å²) < 4.78 is 5.36. The fraction of sp³-hybridized carbons (Fsp3) is 0.0667. The van der Waals surface area contributed by atoms with Crippen LogP contribution in [0.2, 0.25) is 0 Å². The summed E-state index contributed by atoms with van der Waals surface area (Å²) in [5.74, 6) is 1.26. The first-order valence-corrected chi connectivity index (χ1v) is 5.93. The van der Waals surface area contributed by atoms with Crippen molar-refractivity contribution in [1.82, 2.24) is 9.97 Å². The van der Waals surface area contributed by atoms with E-state index in [4.69, 9.17) is 10.5 Å². The maximum Gasteiger partial charge on any atom is 0.133 e. The summed E-state index contributed by atoms with van der Waals surface area (Å²) >= 11 is 0. The van der Waals surface area contributed by atoms with Crippen molar-refractivity contribution in [3.8, 4) is 17.0 Å². The van der Waals surface area contributed by atoms with E-state index in [0.29, 0.717) is 5.82 Å². The Bertz CT molecular complexity index is 740. The van der Waals surface area contributed by atoms with Crippen molar-refractivity contribution in [2.45, 2.75) is 0 Å². The van der Waals surface area contributed by atoms with Gasteiger partial charge >= 0.3 is 0 Å². The van der Waals surface area contributed by atoms with Gasteiger partial charge in [0.2, 0.25) is 0 Å². The summed E-state index contributed by atoms with van der Waals surface area (Å²) in [6.45, 7) is 0. The Balaban J connectivity index is 2.26. The predicted molar refractivity (Wildman–Crippen MR) is 75.9 cm³/mol. The van der Waals surface area contributed by atoms with Gasteiger partial charge in [0, 0.05) is 23.3 Å². The Morgan fingerprint density at radius 3 is 2.84 bits per heavy atom. The molecule has 1 aromatic carbocycles. The van der Waals surface area contributed by atoms with E-state index in [1.807, 2.05) is 36.4 Å². The van der Waals surface area contributed by atoms with Gasteiger partial charge in [0.05, 0.1) is 12.8 Å². The van der Waals surface area contributed by atoms with Crippen LogP contribution in [0, 0.1) is 0 Å². The van der Waals surface area contributed by atoms with Crippen LogP contribution >= 0.6 is 0 Å². The first-order valence-electron chi connectivity index (χ1n) is 5.93. The molecule has 4 heteroatoms. The summed E-state index contributed by atoms with van der Waals surface area (Å²) in [5.41, 5.74) is 7.72. The second kappa shape index (κ2) is 4.57. The summed E-state index contributed by atoms with van der Waals surface area (Å²) in [7, 11) is 1.65. The number of pyridine rings is 2. The van der Waals surface area contributed by atoms with Gasteiger partial charge in [0.1, 0.15) is 11.6 Å². The molecule has 0 aliphatic rings. The zero-order chi connectivity index (χ0) is 13.2. The van der Waals surface area contributed by atoms with Crippen LogP contribution in [0.25, 0.3) is 22.0 Å². The van der Waals surface area contributed by atoms with E-state index in [0.717, 1.165) is 27.8 Å². The molecule has 19 heavy (non-hydrogen) atoms. The van der Waals surface area contributed by atoms with Crippen molar-refractivity contribution in [3.63, 3.8) is 0 Å². The molecule has 2 heterocycles. The molecule has 3 rings (SSSR count). The van der Waals surface area contributed by atoms with E-state index in [1.54, 1.807) is 19.5 Å². The van der Waals surface area contributed by atoms with E-state index in [1.165, 1.54) is 0 Å². The van der Waals surface area contributed by atoms with Gasteiger partial charge < -0.3 is 10.5 Å². The molecule has 94 valence electrons. The molecule has 0 bridgehead atoms. The van der Waals surface area contributed by atoms with Crippen LogP contribution in [0.5, 0.6) is 5.75 Å². The number of aromatic nitrogens is 2. The molecule has 0 saturated heterocycles. The summed E-state index contributed by atoms with van der Waals surface area (Å²) in [5, 5.41) is 1.88. The largest absolute Gasteiger partial charge is 0.496 e. The third kappa shape index (κ3) is 1.97. The van der Waals surface area contributed by atoms with Crippen molar-refractivity contribution >= 4 is 16.6 Å². The molecule has 2 aromatic heterocycles. The number of fused-ring (bicyclic) bond motifs is 1. The number of rotatable bonds is 2. The fourth-order valence-corrected chi connectivity index (χ4v) is 2.11. The lowest BCUT2D eigenvalue weighted by Crippen LogP contribution is -1.96. The molecular weight excluding hydrogens is 238 g/mol. The van der Waals surface area contributed by atoms with Crippen LogP contribution in [-0.2, 0) is 0 Å². The van der Waals surface area contributed by atoms with Crippen LogP contribution in [-0.4, -0.2) is 17.1 Å². The normalized spacial score (nSPS) is 10.6. The minimum Gasteiger partial charge on any atom is -0.496 e. The quantitative estimate of drug-likeness (QED) is 0.760. The van der Waals surface area contributed by atoms with Crippen molar-refractivity contribution < 1.29 is 4.74 Å². The molecule has 0 atom stereocenters. The molecule has 0 unspecified atom stereocenters. The van der Waals surface area contributed by atoms with Crippen molar-refractivity contribution in [2.75, 3.05) is 12.8 Å². The Kier molecular flexibility index (Phi) is 2.76. The number of anilines is 1. The highest BCUT2D eigenvalue weighted by atomic mass is 16.5. The molecule has 0 radical (unpaired) electrons. The van der Waals surface area contributed by atoms with Crippen LogP contribution in [0.15, 0.2) is 48.8 Å². The van der Waals surface area contributed by atoms with Crippen LogP contribution < -0.4 is 10.5 Å². The SMILES string of the molecule is COc1ccccc1-c1cc2ccncc2c(N)n1. The van der Waals surface area contributed by atoms with Crippen LogP contribution in [0.3, 0.4) is 0 Å². The maximum absolute atomic E-state index is 5.99. The highest BCUT2D eigenvalue weighted by Gasteiger charge is 2.09. The Morgan fingerprint density at radius 2 is 2.00 bits per heavy atom. The third-order valence-corrected chi connectivity index (χ3v) is 3.05. The minimum absolute atomic E-state index is 0.478. The van der Waals surface area contributed by atoms with Gasteiger partial charge in [0.15, 0.2) is 0 Å². The summed E-state index contributed by atoms with van der Waals surface area (Å²) in [6, 6.07) is 11.7. The molecule has 2 N–H and O–H groups in total. The molecule has 0 aliphatic heterocycles. The number of para-hydroxylation sites is 1. The molecule has 0 spiro atoms. The van der Waals surface area contributed by atoms with E-state index in [-0.39, 0.29) is 0 Å². The lowest BCUT2D eigenvalue weighted by atomic mass is 10.1. The molecule has 4 nitrogen and oxygen atoms in total. The van der Waals surface area contributed by atoms with E-state index in [9.17, 15) is 0 Å². The second-order valence-corrected chi connectivity index (χ2v) is 4.19. The average Bonchev–Trinajstić information content (AvgIpc) is 2.47. The zero-order valence-corrected chi connectivity index (χ0v) is 10.5. The van der Waals surface area contributed by atoms with Gasteiger partial charge in [-0.25, -0.2) is 4.98 Å². The first kappa shape index (κ1) is 11.5. The second-order valence-electron chi connectivity index (χ2n) is 4.19. The number of benzene rings is 1. The number of nitrogen functional groups attached to an aromatic ring is 1. The Morgan fingerprint density at radius 1 is 1.16 bits per heavy atom. The fourth-order valence-electron chi connectivity index (χ4n) is 2.11. The standard InChI is InChI=1S/C15H13N3O/c1-19-14-5-3-2-4-11(14)13-8-10-6-7-17-9-12(10)15(16)18-13/h2-9H,1H3,(H2,16,18). The van der Waals surface area contributed by atoms with Gasteiger partial charge in [-0.2, -0.15) is 0 Å². The molecule has 0 saturated carbocycles. The zero-order valence-electron chi connectivity index (χ0n) is 10.5. The monoisotopic (exact) mass is 251 g/mol. The van der Waals surface area contributed by atoms with Crippen molar-refractivity contribution in [1.29, 1.82) is 0 Å². The van der Waals surface area contributed by atoms with E-state index < -0.39 is 0 Å². The highest BCUT2D eigenvalue weighted by Crippen LogP contribution is 2.31.